The summed E-state index contributed by atoms with van der Waals surface area (Å²) in [6.07, 6.45) is 4.26. The molecule has 0 amide bonds. The first-order valence-corrected chi connectivity index (χ1v) is 7.11. The number of piperazine rings is 1. The molecule has 0 aliphatic carbocycles. The number of hydrogen-bond donors (Lipinski definition) is 0. The monoisotopic (exact) mass is 312 g/mol. The molecule has 5 heteroatoms. The Morgan fingerprint density at radius 1 is 1.05 bits per heavy atom. The molecule has 4 nitrogen and oxygen atoms in total. The molecular formula is C16H25ClN2O2. The summed E-state index contributed by atoms with van der Waals surface area (Å²) in [6.45, 7) is 6.19. The number of ether oxygens (including phenoxy) is 2. The van der Waals surface area contributed by atoms with Gasteiger partial charge >= 0.3 is 0 Å². The summed E-state index contributed by atoms with van der Waals surface area (Å²) in [5.74, 6) is 1.57. The normalized spacial score (nSPS) is 16.7. The van der Waals surface area contributed by atoms with Crippen LogP contribution in [-0.2, 0) is 0 Å². The summed E-state index contributed by atoms with van der Waals surface area (Å²) >= 11 is 0. The summed E-state index contributed by atoms with van der Waals surface area (Å²) in [6, 6.07) is 7.72. The summed E-state index contributed by atoms with van der Waals surface area (Å²) in [4.78, 5) is 4.82. The molecule has 118 valence electrons. The van der Waals surface area contributed by atoms with Crippen molar-refractivity contribution < 1.29 is 9.47 Å². The van der Waals surface area contributed by atoms with Gasteiger partial charge < -0.3 is 14.4 Å². The van der Waals surface area contributed by atoms with E-state index >= 15 is 0 Å². The molecule has 0 atom stereocenters. The smallest absolute Gasteiger partial charge is 0.161 e. The highest BCUT2D eigenvalue weighted by Gasteiger charge is 2.11. The van der Waals surface area contributed by atoms with Crippen molar-refractivity contribution in [3.63, 3.8) is 0 Å². The second-order valence-electron chi connectivity index (χ2n) is 5.04. The van der Waals surface area contributed by atoms with Crippen molar-refractivity contribution in [2.24, 2.45) is 0 Å². The summed E-state index contributed by atoms with van der Waals surface area (Å²) < 4.78 is 10.9. The third-order valence-corrected chi connectivity index (χ3v) is 3.53. The van der Waals surface area contributed by atoms with Gasteiger partial charge in [0.1, 0.15) is 6.61 Å². The number of methoxy groups -OCH3 is 1. The number of likely N-dealkylation sites (N-methyl/N-ethyl adjacent to an activating group) is 1. The molecule has 2 rings (SSSR count). The van der Waals surface area contributed by atoms with E-state index in [1.54, 1.807) is 7.11 Å². The van der Waals surface area contributed by atoms with Crippen LogP contribution in [0.4, 0.5) is 0 Å². The maximum absolute atomic E-state index is 5.70. The van der Waals surface area contributed by atoms with Crippen molar-refractivity contribution in [1.29, 1.82) is 0 Å². The molecule has 1 aromatic rings. The standard InChI is InChI=1S/C16H24N2O2.ClH/c1-17-10-12-18(13-11-17)9-5-6-14-20-16-8-4-3-7-15(16)19-2;/h3-8H,9-14H2,1-2H3;1H/b6-5+;. The second kappa shape index (κ2) is 9.66. The number of para-hydroxylation sites is 2. The van der Waals surface area contributed by atoms with E-state index < -0.39 is 0 Å². The number of benzene rings is 1. The van der Waals surface area contributed by atoms with Gasteiger partial charge in [0.15, 0.2) is 11.5 Å². The van der Waals surface area contributed by atoms with Crippen LogP contribution in [-0.4, -0.2) is 63.3 Å². The van der Waals surface area contributed by atoms with Crippen molar-refractivity contribution >= 4 is 12.4 Å². The fourth-order valence-electron chi connectivity index (χ4n) is 2.20. The van der Waals surface area contributed by atoms with E-state index in [9.17, 15) is 0 Å². The lowest BCUT2D eigenvalue weighted by molar-refractivity contribution is 0.166. The van der Waals surface area contributed by atoms with Gasteiger partial charge in [0.05, 0.1) is 7.11 Å². The fourth-order valence-corrected chi connectivity index (χ4v) is 2.20. The molecule has 21 heavy (non-hydrogen) atoms. The molecule has 0 aromatic heterocycles. The van der Waals surface area contributed by atoms with Gasteiger partial charge in [0.25, 0.3) is 0 Å². The molecule has 0 unspecified atom stereocenters. The zero-order valence-electron chi connectivity index (χ0n) is 12.8. The minimum atomic E-state index is 0. The van der Waals surface area contributed by atoms with Crippen LogP contribution < -0.4 is 9.47 Å². The van der Waals surface area contributed by atoms with E-state index in [0.717, 1.165) is 44.2 Å². The first kappa shape index (κ1) is 17.8. The highest BCUT2D eigenvalue weighted by atomic mass is 35.5. The average Bonchev–Trinajstić information content (AvgIpc) is 2.49. The van der Waals surface area contributed by atoms with Gasteiger partial charge in [-0.1, -0.05) is 24.3 Å². The van der Waals surface area contributed by atoms with Gasteiger partial charge in [-0.2, -0.15) is 0 Å². The van der Waals surface area contributed by atoms with Gasteiger partial charge in [-0.05, 0) is 19.2 Å². The molecule has 0 spiro atoms. The highest BCUT2D eigenvalue weighted by Crippen LogP contribution is 2.25. The van der Waals surface area contributed by atoms with Crippen LogP contribution in [0.1, 0.15) is 0 Å². The first-order valence-electron chi connectivity index (χ1n) is 7.11. The number of hydrogen-bond acceptors (Lipinski definition) is 4. The molecule has 0 bridgehead atoms. The molecule has 1 heterocycles. The molecule has 0 N–H and O–H groups in total. The van der Waals surface area contributed by atoms with Gasteiger partial charge in [0.2, 0.25) is 0 Å². The minimum Gasteiger partial charge on any atom is -0.493 e. The van der Waals surface area contributed by atoms with Crippen LogP contribution in [0.3, 0.4) is 0 Å². The van der Waals surface area contributed by atoms with Crippen molar-refractivity contribution in [1.82, 2.24) is 9.80 Å². The predicted octanol–water partition coefficient (Wildman–Crippen LogP) is 2.30. The second-order valence-corrected chi connectivity index (χ2v) is 5.04. The number of nitrogens with zero attached hydrogens (tertiary/aromatic N) is 2. The van der Waals surface area contributed by atoms with Crippen molar-refractivity contribution in [3.8, 4) is 11.5 Å². The Kier molecular flexibility index (Phi) is 8.20. The van der Waals surface area contributed by atoms with Crippen molar-refractivity contribution in [2.45, 2.75) is 0 Å². The first-order chi connectivity index (χ1) is 9.79. The molecule has 1 saturated heterocycles. The van der Waals surface area contributed by atoms with Crippen LogP contribution in [0.15, 0.2) is 36.4 Å². The predicted molar refractivity (Wildman–Crippen MR) is 88.8 cm³/mol. The molecule has 1 aliphatic heterocycles. The summed E-state index contributed by atoms with van der Waals surface area (Å²) in [5, 5.41) is 0. The Bertz CT molecular complexity index is 432. The molecular weight excluding hydrogens is 288 g/mol. The van der Waals surface area contributed by atoms with E-state index in [0.29, 0.717) is 6.61 Å². The maximum Gasteiger partial charge on any atom is 0.161 e. The molecule has 1 aromatic carbocycles. The lowest BCUT2D eigenvalue weighted by Crippen LogP contribution is -2.44. The quantitative estimate of drug-likeness (QED) is 0.753. The zero-order valence-corrected chi connectivity index (χ0v) is 13.6. The van der Waals surface area contributed by atoms with E-state index in [2.05, 4.69) is 29.0 Å². The van der Waals surface area contributed by atoms with Crippen LogP contribution in [0, 0.1) is 0 Å². The van der Waals surface area contributed by atoms with E-state index in [1.807, 2.05) is 24.3 Å². The van der Waals surface area contributed by atoms with Crippen molar-refractivity contribution in [3.05, 3.63) is 36.4 Å². The number of rotatable bonds is 6. The highest BCUT2D eigenvalue weighted by molar-refractivity contribution is 5.85. The van der Waals surface area contributed by atoms with Crippen LogP contribution in [0.5, 0.6) is 11.5 Å². The third kappa shape index (κ3) is 5.96. The van der Waals surface area contributed by atoms with Gasteiger partial charge in [0, 0.05) is 32.7 Å². The van der Waals surface area contributed by atoms with Gasteiger partial charge in [-0.15, -0.1) is 12.4 Å². The largest absolute Gasteiger partial charge is 0.493 e. The lowest BCUT2D eigenvalue weighted by Gasteiger charge is -2.31. The Hall–Kier alpha value is -1.23. The summed E-state index contributed by atoms with van der Waals surface area (Å²) in [7, 11) is 3.83. The third-order valence-electron chi connectivity index (χ3n) is 3.53. The Labute approximate surface area is 133 Å². The Balaban J connectivity index is 0.00000220. The molecule has 1 fully saturated rings. The minimum absolute atomic E-state index is 0. The maximum atomic E-state index is 5.70. The van der Waals surface area contributed by atoms with Gasteiger partial charge in [-0.3, -0.25) is 4.90 Å². The number of halogens is 1. The SMILES string of the molecule is COc1ccccc1OC/C=C/CN1CCN(C)CC1.Cl. The van der Waals surface area contributed by atoms with Gasteiger partial charge in [-0.25, -0.2) is 0 Å². The van der Waals surface area contributed by atoms with Crippen LogP contribution in [0.25, 0.3) is 0 Å². The fraction of sp³-hybridized carbons (Fsp3) is 0.500. The van der Waals surface area contributed by atoms with E-state index in [-0.39, 0.29) is 12.4 Å². The van der Waals surface area contributed by atoms with Crippen molar-refractivity contribution in [2.75, 3.05) is 53.5 Å². The van der Waals surface area contributed by atoms with Crippen LogP contribution in [0.2, 0.25) is 0 Å². The topological polar surface area (TPSA) is 24.9 Å². The van der Waals surface area contributed by atoms with Crippen LogP contribution >= 0.6 is 12.4 Å². The van der Waals surface area contributed by atoms with E-state index in [4.69, 9.17) is 9.47 Å². The molecule has 0 saturated carbocycles. The average molecular weight is 313 g/mol. The summed E-state index contributed by atoms with van der Waals surface area (Å²) in [5.41, 5.74) is 0. The molecule has 0 radical (unpaired) electrons. The Morgan fingerprint density at radius 3 is 2.38 bits per heavy atom. The Morgan fingerprint density at radius 2 is 1.71 bits per heavy atom. The molecule has 1 aliphatic rings. The van der Waals surface area contributed by atoms with E-state index in [1.165, 1.54) is 0 Å². The lowest BCUT2D eigenvalue weighted by atomic mass is 10.3. The zero-order chi connectivity index (χ0) is 14.2.